The van der Waals surface area contributed by atoms with Crippen LogP contribution in [0.1, 0.15) is 51.0 Å². The summed E-state index contributed by atoms with van der Waals surface area (Å²) in [5, 5.41) is 6.46. The van der Waals surface area contributed by atoms with Crippen LogP contribution in [0.2, 0.25) is 0 Å². The number of rotatable bonds is 8. The van der Waals surface area contributed by atoms with E-state index in [1.165, 1.54) is 37.7 Å². The summed E-state index contributed by atoms with van der Waals surface area (Å²) in [6, 6.07) is 14.7. The van der Waals surface area contributed by atoms with Gasteiger partial charge in [-0.2, -0.15) is 5.10 Å². The number of hydrogen-bond acceptors (Lipinski definition) is 4. The highest BCUT2D eigenvalue weighted by atomic mass is 16.5. The SMILES string of the molecule is COc1c(CC2CCCCC2)cc(N(C)/N=C(/C)CC=O)cc1-c1ccccc1. The molecular weight excluding hydrogens is 360 g/mol. The number of anilines is 1. The van der Waals surface area contributed by atoms with Crippen molar-refractivity contribution in [2.24, 2.45) is 11.0 Å². The average Bonchev–Trinajstić information content (AvgIpc) is 2.74. The van der Waals surface area contributed by atoms with E-state index in [0.717, 1.165) is 41.0 Å². The largest absolute Gasteiger partial charge is 0.496 e. The average molecular weight is 393 g/mol. The van der Waals surface area contributed by atoms with E-state index in [2.05, 4.69) is 41.5 Å². The third-order valence-corrected chi connectivity index (χ3v) is 5.75. The van der Waals surface area contributed by atoms with E-state index in [9.17, 15) is 4.79 Å². The van der Waals surface area contributed by atoms with E-state index in [0.29, 0.717) is 12.3 Å². The lowest BCUT2D eigenvalue weighted by Gasteiger charge is -2.25. The van der Waals surface area contributed by atoms with Crippen molar-refractivity contribution in [2.75, 3.05) is 19.2 Å². The van der Waals surface area contributed by atoms with Gasteiger partial charge in [0.25, 0.3) is 0 Å². The van der Waals surface area contributed by atoms with Crippen molar-refractivity contribution in [3.05, 3.63) is 48.0 Å². The van der Waals surface area contributed by atoms with Crippen molar-refractivity contribution < 1.29 is 9.53 Å². The fraction of sp³-hybridized carbons (Fsp3) is 0.440. The fourth-order valence-corrected chi connectivity index (χ4v) is 4.26. The molecule has 4 nitrogen and oxygen atoms in total. The van der Waals surface area contributed by atoms with Gasteiger partial charge < -0.3 is 9.53 Å². The molecule has 0 aliphatic heterocycles. The molecule has 0 radical (unpaired) electrons. The highest BCUT2D eigenvalue weighted by Crippen LogP contribution is 2.40. The Bertz CT molecular complexity index is 839. The third kappa shape index (κ3) is 5.47. The normalized spacial score (nSPS) is 15.2. The maximum absolute atomic E-state index is 10.8. The molecule has 0 aromatic heterocycles. The molecule has 0 amide bonds. The first-order valence-electron chi connectivity index (χ1n) is 10.6. The summed E-state index contributed by atoms with van der Waals surface area (Å²) in [5.74, 6) is 1.68. The standard InChI is InChI=1S/C25H32N2O2/c1-19(14-15-28)26-27(2)23-17-22(16-20-10-6-4-7-11-20)25(29-3)24(18-23)21-12-8-5-9-13-21/h5,8-9,12-13,15,17-18,20H,4,6-7,10-11,14,16H2,1-3H3/b26-19-. The molecule has 2 aromatic rings. The molecule has 1 fully saturated rings. The van der Waals surface area contributed by atoms with Crippen molar-refractivity contribution in [2.45, 2.75) is 51.9 Å². The Labute approximate surface area is 174 Å². The Hall–Kier alpha value is -2.62. The van der Waals surface area contributed by atoms with Crippen LogP contribution in [0.4, 0.5) is 5.69 Å². The summed E-state index contributed by atoms with van der Waals surface area (Å²) >= 11 is 0. The molecule has 0 bridgehead atoms. The van der Waals surface area contributed by atoms with Gasteiger partial charge in [0.1, 0.15) is 12.0 Å². The molecule has 0 spiro atoms. The molecule has 0 heterocycles. The zero-order valence-corrected chi connectivity index (χ0v) is 17.9. The number of hydrogen-bond donors (Lipinski definition) is 0. The Balaban J connectivity index is 2.04. The summed E-state index contributed by atoms with van der Waals surface area (Å²) < 4.78 is 5.93. The van der Waals surface area contributed by atoms with Crippen LogP contribution in [0, 0.1) is 5.92 Å². The molecule has 4 heteroatoms. The number of carbonyl (C=O) groups is 1. The Morgan fingerprint density at radius 2 is 1.90 bits per heavy atom. The van der Waals surface area contributed by atoms with Crippen molar-refractivity contribution >= 4 is 17.7 Å². The molecule has 0 unspecified atom stereocenters. The van der Waals surface area contributed by atoms with Crippen molar-refractivity contribution in [3.63, 3.8) is 0 Å². The second-order valence-electron chi connectivity index (χ2n) is 7.99. The molecule has 1 saturated carbocycles. The number of aldehydes is 1. The summed E-state index contributed by atoms with van der Waals surface area (Å²) in [4.78, 5) is 10.8. The molecular formula is C25H32N2O2. The van der Waals surface area contributed by atoms with Crippen LogP contribution in [-0.4, -0.2) is 26.2 Å². The Morgan fingerprint density at radius 3 is 2.55 bits per heavy atom. The van der Waals surface area contributed by atoms with Crippen molar-refractivity contribution in [1.82, 2.24) is 0 Å². The Morgan fingerprint density at radius 1 is 1.17 bits per heavy atom. The molecule has 2 aromatic carbocycles. The molecule has 0 atom stereocenters. The third-order valence-electron chi connectivity index (χ3n) is 5.75. The van der Waals surface area contributed by atoms with E-state index < -0.39 is 0 Å². The molecule has 3 rings (SSSR count). The van der Waals surface area contributed by atoms with Crippen LogP contribution in [0.3, 0.4) is 0 Å². The van der Waals surface area contributed by atoms with Gasteiger partial charge in [0.2, 0.25) is 0 Å². The van der Waals surface area contributed by atoms with Crippen LogP contribution in [-0.2, 0) is 11.2 Å². The zero-order chi connectivity index (χ0) is 20.6. The minimum absolute atomic E-state index is 0.348. The molecule has 1 aliphatic carbocycles. The van der Waals surface area contributed by atoms with Crippen LogP contribution in [0.15, 0.2) is 47.6 Å². The molecule has 1 aliphatic rings. The summed E-state index contributed by atoms with van der Waals surface area (Å²) in [6.45, 7) is 1.88. The number of ether oxygens (including phenoxy) is 1. The maximum atomic E-state index is 10.8. The van der Waals surface area contributed by atoms with Gasteiger partial charge in [-0.1, -0.05) is 62.4 Å². The van der Waals surface area contributed by atoms with Crippen molar-refractivity contribution in [1.29, 1.82) is 0 Å². The number of carbonyl (C=O) groups excluding carboxylic acids is 1. The van der Waals surface area contributed by atoms with Crippen molar-refractivity contribution in [3.8, 4) is 16.9 Å². The molecule has 29 heavy (non-hydrogen) atoms. The molecule has 0 N–H and O–H groups in total. The zero-order valence-electron chi connectivity index (χ0n) is 17.9. The van der Waals surface area contributed by atoms with Gasteiger partial charge in [-0.25, -0.2) is 0 Å². The minimum Gasteiger partial charge on any atom is -0.496 e. The van der Waals surface area contributed by atoms with E-state index >= 15 is 0 Å². The van der Waals surface area contributed by atoms with Crippen LogP contribution in [0.25, 0.3) is 11.1 Å². The molecule has 154 valence electrons. The quantitative estimate of drug-likeness (QED) is 0.320. The number of methoxy groups -OCH3 is 1. The second-order valence-corrected chi connectivity index (χ2v) is 7.99. The van der Waals surface area contributed by atoms with E-state index in [1.807, 2.05) is 25.0 Å². The highest BCUT2D eigenvalue weighted by molar-refractivity contribution is 5.92. The number of nitrogens with zero attached hydrogens (tertiary/aromatic N) is 2. The monoisotopic (exact) mass is 392 g/mol. The lowest BCUT2D eigenvalue weighted by atomic mass is 9.84. The highest BCUT2D eigenvalue weighted by Gasteiger charge is 2.20. The first kappa shape index (κ1) is 21.1. The lowest BCUT2D eigenvalue weighted by molar-refractivity contribution is -0.106. The fourth-order valence-electron chi connectivity index (χ4n) is 4.26. The van der Waals surface area contributed by atoms with Gasteiger partial charge >= 0.3 is 0 Å². The van der Waals surface area contributed by atoms with Gasteiger partial charge in [-0.3, -0.25) is 5.01 Å². The molecule has 0 saturated heterocycles. The van der Waals surface area contributed by atoms with Gasteiger partial charge in [-0.15, -0.1) is 0 Å². The first-order chi connectivity index (χ1) is 14.1. The minimum atomic E-state index is 0.348. The Kier molecular flexibility index (Phi) is 7.45. The summed E-state index contributed by atoms with van der Waals surface area (Å²) in [5.41, 5.74) is 5.28. The van der Waals surface area contributed by atoms with E-state index in [4.69, 9.17) is 4.74 Å². The number of hydrazone groups is 1. The van der Waals surface area contributed by atoms with Gasteiger partial charge in [0.05, 0.1) is 12.8 Å². The van der Waals surface area contributed by atoms with Crippen LogP contribution < -0.4 is 9.75 Å². The van der Waals surface area contributed by atoms with Gasteiger partial charge in [0.15, 0.2) is 0 Å². The summed E-state index contributed by atoms with van der Waals surface area (Å²) in [6.07, 6.45) is 8.87. The van der Waals surface area contributed by atoms with E-state index in [1.54, 1.807) is 7.11 Å². The lowest BCUT2D eigenvalue weighted by Crippen LogP contribution is -2.14. The van der Waals surface area contributed by atoms with Gasteiger partial charge in [-0.05, 0) is 42.5 Å². The van der Waals surface area contributed by atoms with Gasteiger partial charge in [0, 0.05) is 24.7 Å². The topological polar surface area (TPSA) is 41.9 Å². The van der Waals surface area contributed by atoms with Crippen LogP contribution in [0.5, 0.6) is 5.75 Å². The van der Waals surface area contributed by atoms with E-state index in [-0.39, 0.29) is 0 Å². The van der Waals surface area contributed by atoms with Crippen LogP contribution >= 0.6 is 0 Å². The smallest absolute Gasteiger partial charge is 0.130 e. The number of benzene rings is 2. The predicted molar refractivity (Wildman–Crippen MR) is 121 cm³/mol. The predicted octanol–water partition coefficient (Wildman–Crippen LogP) is 5.89. The maximum Gasteiger partial charge on any atom is 0.130 e. The summed E-state index contributed by atoms with van der Waals surface area (Å²) in [7, 11) is 3.71. The first-order valence-corrected chi connectivity index (χ1v) is 10.6. The second kappa shape index (κ2) is 10.2.